The zero-order valence-electron chi connectivity index (χ0n) is 6.69. The summed E-state index contributed by atoms with van der Waals surface area (Å²) < 4.78 is 11.4. The zero-order chi connectivity index (χ0) is 10.8. The molecule has 6 heteroatoms. The molecule has 0 aliphatic carbocycles. The van der Waals surface area contributed by atoms with Crippen LogP contribution in [0.4, 0.5) is 10.1 Å². The van der Waals surface area contributed by atoms with Crippen LogP contribution in [0.2, 0.25) is 0 Å². The largest absolute Gasteiger partial charge is 0.339 e. The number of nitrogens with one attached hydrogen (secondary N) is 1. The Kier molecular flexibility index (Phi) is 3.43. The fourth-order valence-electron chi connectivity index (χ4n) is 0.839. The van der Waals surface area contributed by atoms with Gasteiger partial charge < -0.3 is 5.32 Å². The van der Waals surface area contributed by atoms with E-state index in [4.69, 9.17) is 40.1 Å². The molecule has 0 amide bonds. The quantitative estimate of drug-likeness (QED) is 0.615. The first-order chi connectivity index (χ1) is 6.42. The second kappa shape index (κ2) is 4.22. The number of halogens is 4. The first kappa shape index (κ1) is 11.4. The van der Waals surface area contributed by atoms with Gasteiger partial charge in [-0.3, -0.25) is 0 Å². The number of rotatable bonds is 1. The van der Waals surface area contributed by atoms with Crippen molar-refractivity contribution in [1.29, 1.82) is 5.26 Å². The van der Waals surface area contributed by atoms with Crippen LogP contribution >= 0.6 is 34.8 Å². The molecule has 0 aliphatic rings. The van der Waals surface area contributed by atoms with Gasteiger partial charge in [-0.2, -0.15) is 5.26 Å². The zero-order valence-corrected chi connectivity index (χ0v) is 8.96. The van der Waals surface area contributed by atoms with Gasteiger partial charge in [0.15, 0.2) is 0 Å². The fourth-order valence-corrected chi connectivity index (χ4v) is 1.14. The highest BCUT2D eigenvalue weighted by Gasteiger charge is 2.20. The molecule has 0 heterocycles. The van der Waals surface area contributed by atoms with Gasteiger partial charge in [-0.1, -0.05) is 34.8 Å². The van der Waals surface area contributed by atoms with E-state index in [1.54, 1.807) is 6.07 Å². The summed E-state index contributed by atoms with van der Waals surface area (Å²) in [6.45, 7) is 0. The maximum atomic E-state index is 13.2. The number of hydrogen-bond donors (Lipinski definition) is 1. The summed E-state index contributed by atoms with van der Waals surface area (Å²) in [6, 6.07) is 5.59. The fraction of sp³-hybridized carbons (Fsp3) is 0.125. The molecule has 0 saturated carbocycles. The van der Waals surface area contributed by atoms with E-state index in [0.29, 0.717) is 0 Å². The van der Waals surface area contributed by atoms with Gasteiger partial charge in [-0.15, -0.1) is 0 Å². The Hall–Kier alpha value is -0.690. The van der Waals surface area contributed by atoms with E-state index in [0.717, 1.165) is 6.07 Å². The van der Waals surface area contributed by atoms with Gasteiger partial charge in [0.2, 0.25) is 0 Å². The van der Waals surface area contributed by atoms with E-state index < -0.39 is 9.73 Å². The van der Waals surface area contributed by atoms with Crippen molar-refractivity contribution < 1.29 is 4.39 Å². The highest BCUT2D eigenvalue weighted by Crippen LogP contribution is 2.29. The maximum Gasteiger partial charge on any atom is 0.265 e. The SMILES string of the molecule is N#Cc1ccc(NC(Cl)(Cl)Cl)c(F)c1. The van der Waals surface area contributed by atoms with Gasteiger partial charge in [0.1, 0.15) is 5.82 Å². The van der Waals surface area contributed by atoms with Crippen LogP contribution in [0.3, 0.4) is 0 Å². The molecular formula is C8H4Cl3FN2. The van der Waals surface area contributed by atoms with Crippen molar-refractivity contribution in [2.75, 3.05) is 5.32 Å². The number of anilines is 1. The van der Waals surface area contributed by atoms with Crippen LogP contribution in [0.1, 0.15) is 5.56 Å². The third-order valence-corrected chi connectivity index (χ3v) is 1.66. The van der Waals surface area contributed by atoms with Gasteiger partial charge in [-0.05, 0) is 18.2 Å². The Morgan fingerprint density at radius 3 is 2.43 bits per heavy atom. The second-order valence-corrected chi connectivity index (χ2v) is 4.71. The molecule has 1 aromatic rings. The lowest BCUT2D eigenvalue weighted by molar-refractivity contribution is 0.630. The highest BCUT2D eigenvalue weighted by atomic mass is 35.6. The van der Waals surface area contributed by atoms with Gasteiger partial charge in [0, 0.05) is 0 Å². The number of nitrogens with zero attached hydrogens (tertiary/aromatic N) is 1. The Balaban J connectivity index is 2.97. The number of nitriles is 1. The van der Waals surface area contributed by atoms with E-state index in [-0.39, 0.29) is 11.3 Å². The molecule has 1 N–H and O–H groups in total. The average Bonchev–Trinajstić information content (AvgIpc) is 2.06. The van der Waals surface area contributed by atoms with Crippen molar-refractivity contribution in [3.63, 3.8) is 0 Å². The highest BCUT2D eigenvalue weighted by molar-refractivity contribution is 6.68. The molecule has 1 rings (SSSR count). The predicted octanol–water partition coefficient (Wildman–Crippen LogP) is 3.44. The number of benzene rings is 1. The van der Waals surface area contributed by atoms with Crippen molar-refractivity contribution in [2.45, 2.75) is 3.92 Å². The number of alkyl halides is 3. The summed E-state index contributed by atoms with van der Waals surface area (Å²) >= 11 is 16.2. The van der Waals surface area contributed by atoms with Crippen LogP contribution < -0.4 is 5.32 Å². The van der Waals surface area contributed by atoms with Crippen LogP contribution in [-0.4, -0.2) is 3.92 Å². The third-order valence-electron chi connectivity index (χ3n) is 1.37. The lowest BCUT2D eigenvalue weighted by Gasteiger charge is -2.14. The predicted molar refractivity (Wildman–Crippen MR) is 55.0 cm³/mol. The van der Waals surface area contributed by atoms with Crippen molar-refractivity contribution in [2.24, 2.45) is 0 Å². The lowest BCUT2D eigenvalue weighted by Crippen LogP contribution is -2.17. The van der Waals surface area contributed by atoms with E-state index in [9.17, 15) is 4.39 Å². The molecule has 0 spiro atoms. The summed E-state index contributed by atoms with van der Waals surface area (Å²) in [4.78, 5) is 0. The summed E-state index contributed by atoms with van der Waals surface area (Å²) in [5, 5.41) is 10.8. The molecule has 0 unspecified atom stereocenters. The topological polar surface area (TPSA) is 35.8 Å². The van der Waals surface area contributed by atoms with Gasteiger partial charge in [0.25, 0.3) is 3.92 Å². The van der Waals surface area contributed by atoms with Crippen molar-refractivity contribution in [3.8, 4) is 6.07 Å². The van der Waals surface area contributed by atoms with Crippen LogP contribution in [0.25, 0.3) is 0 Å². The maximum absolute atomic E-state index is 13.2. The summed E-state index contributed by atoms with van der Waals surface area (Å²) in [7, 11) is 0. The smallest absolute Gasteiger partial charge is 0.265 e. The molecular weight excluding hydrogens is 249 g/mol. The molecule has 74 valence electrons. The van der Waals surface area contributed by atoms with Crippen molar-refractivity contribution in [3.05, 3.63) is 29.6 Å². The molecule has 0 saturated heterocycles. The first-order valence-electron chi connectivity index (χ1n) is 3.47. The van der Waals surface area contributed by atoms with Gasteiger partial charge in [-0.25, -0.2) is 4.39 Å². The van der Waals surface area contributed by atoms with E-state index >= 15 is 0 Å². The van der Waals surface area contributed by atoms with Gasteiger partial charge >= 0.3 is 0 Å². The summed E-state index contributed by atoms with van der Waals surface area (Å²) in [5.74, 6) is -0.643. The second-order valence-electron chi connectivity index (χ2n) is 2.43. The van der Waals surface area contributed by atoms with Crippen molar-refractivity contribution in [1.82, 2.24) is 0 Å². The monoisotopic (exact) mass is 252 g/mol. The Morgan fingerprint density at radius 1 is 1.36 bits per heavy atom. The molecule has 14 heavy (non-hydrogen) atoms. The molecule has 2 nitrogen and oxygen atoms in total. The van der Waals surface area contributed by atoms with E-state index in [1.165, 1.54) is 12.1 Å². The molecule has 0 bridgehead atoms. The van der Waals surface area contributed by atoms with Crippen LogP contribution in [0.5, 0.6) is 0 Å². The molecule has 1 aromatic carbocycles. The minimum atomic E-state index is -1.77. The minimum Gasteiger partial charge on any atom is -0.339 e. The molecule has 0 aromatic heterocycles. The average molecular weight is 253 g/mol. The van der Waals surface area contributed by atoms with E-state index in [1.807, 2.05) is 0 Å². The van der Waals surface area contributed by atoms with Crippen LogP contribution in [0, 0.1) is 17.1 Å². The lowest BCUT2D eigenvalue weighted by atomic mass is 10.2. The normalized spacial score (nSPS) is 10.8. The molecule has 0 fully saturated rings. The molecule has 0 atom stereocenters. The molecule has 0 aliphatic heterocycles. The van der Waals surface area contributed by atoms with Crippen LogP contribution in [-0.2, 0) is 0 Å². The first-order valence-corrected chi connectivity index (χ1v) is 4.60. The van der Waals surface area contributed by atoms with Gasteiger partial charge in [0.05, 0.1) is 17.3 Å². The Labute approximate surface area is 95.2 Å². The van der Waals surface area contributed by atoms with Crippen molar-refractivity contribution >= 4 is 40.5 Å². The third kappa shape index (κ3) is 3.22. The Morgan fingerprint density at radius 2 is 2.00 bits per heavy atom. The van der Waals surface area contributed by atoms with E-state index in [2.05, 4.69) is 5.32 Å². The number of hydrogen-bond acceptors (Lipinski definition) is 2. The standard InChI is InChI=1S/C8H4Cl3FN2/c9-8(10,11)14-7-2-1-5(4-13)3-6(7)12/h1-3,14H. The Bertz CT molecular complexity index is 381. The summed E-state index contributed by atoms with van der Waals surface area (Å²) in [6.07, 6.45) is 0. The molecule has 0 radical (unpaired) electrons. The van der Waals surface area contributed by atoms with Crippen LogP contribution in [0.15, 0.2) is 18.2 Å². The summed E-state index contributed by atoms with van der Waals surface area (Å²) in [5.41, 5.74) is 0.237. The minimum absolute atomic E-state index is 0.0315.